The number of rotatable bonds is 5. The third kappa shape index (κ3) is 3.90. The molecule has 2 heterocycles. The quantitative estimate of drug-likeness (QED) is 0.702. The Morgan fingerprint density at radius 3 is 2.79 bits per heavy atom. The Labute approximate surface area is 163 Å². The van der Waals surface area contributed by atoms with E-state index in [-0.39, 0.29) is 23.4 Å². The summed E-state index contributed by atoms with van der Waals surface area (Å²) in [5.74, 6) is -0.242. The smallest absolute Gasteiger partial charge is 0.241 e. The average Bonchev–Trinajstić information content (AvgIpc) is 3.27. The maximum atomic E-state index is 12.6. The van der Waals surface area contributed by atoms with Crippen LogP contribution >= 0.6 is 0 Å². The molecule has 1 fully saturated rings. The van der Waals surface area contributed by atoms with Gasteiger partial charge in [0, 0.05) is 13.1 Å². The van der Waals surface area contributed by atoms with Gasteiger partial charge in [-0.3, -0.25) is 4.79 Å². The van der Waals surface area contributed by atoms with E-state index in [1.807, 2.05) is 24.3 Å². The number of benzene rings is 2. The molecular weight excluding hydrogens is 378 g/mol. The summed E-state index contributed by atoms with van der Waals surface area (Å²) < 4.78 is 29.4. The molecule has 4 rings (SSSR count). The van der Waals surface area contributed by atoms with E-state index in [4.69, 9.17) is 0 Å². The van der Waals surface area contributed by atoms with Crippen LogP contribution in [0.5, 0.6) is 0 Å². The van der Waals surface area contributed by atoms with Crippen molar-refractivity contribution in [3.63, 3.8) is 0 Å². The topological polar surface area (TPSA) is 97.2 Å². The predicted molar refractivity (Wildman–Crippen MR) is 104 cm³/mol. The van der Waals surface area contributed by atoms with Crippen molar-refractivity contribution < 1.29 is 13.2 Å². The van der Waals surface area contributed by atoms with Crippen LogP contribution in [0.2, 0.25) is 0 Å². The van der Waals surface area contributed by atoms with Gasteiger partial charge >= 0.3 is 0 Å². The predicted octanol–water partition coefficient (Wildman–Crippen LogP) is 1.57. The highest BCUT2D eigenvalue weighted by atomic mass is 32.2. The van der Waals surface area contributed by atoms with Gasteiger partial charge in [-0.15, -0.1) is 0 Å². The summed E-state index contributed by atoms with van der Waals surface area (Å²) in [5.41, 5.74) is 0. The van der Waals surface area contributed by atoms with E-state index in [1.165, 1.54) is 6.33 Å². The summed E-state index contributed by atoms with van der Waals surface area (Å²) in [5, 5.41) is 5.94. The van der Waals surface area contributed by atoms with E-state index in [2.05, 4.69) is 14.8 Å². The van der Waals surface area contributed by atoms with Crippen molar-refractivity contribution in [1.29, 1.82) is 0 Å². The van der Waals surface area contributed by atoms with E-state index in [1.54, 1.807) is 34.1 Å². The number of carbonyl (C=O) groups is 1. The number of nitrogens with one attached hydrogen (secondary N) is 1. The Bertz CT molecular complexity index is 1080. The Kier molecular flexibility index (Phi) is 5.10. The first-order chi connectivity index (χ1) is 13.5. The number of hydrogen-bond donors (Lipinski definition) is 1. The minimum Gasteiger partial charge on any atom is -0.339 e. The van der Waals surface area contributed by atoms with Crippen LogP contribution in [-0.4, -0.2) is 53.6 Å². The summed E-state index contributed by atoms with van der Waals surface area (Å²) in [4.78, 5) is 18.3. The second kappa shape index (κ2) is 7.69. The van der Waals surface area contributed by atoms with Crippen molar-refractivity contribution in [1.82, 2.24) is 24.4 Å². The van der Waals surface area contributed by atoms with E-state index < -0.39 is 10.0 Å². The molecule has 8 nitrogen and oxygen atoms in total. The van der Waals surface area contributed by atoms with Crippen LogP contribution in [0.15, 0.2) is 60.0 Å². The highest BCUT2D eigenvalue weighted by molar-refractivity contribution is 7.89. The lowest BCUT2D eigenvalue weighted by atomic mass is 10.1. The molecule has 9 heteroatoms. The van der Waals surface area contributed by atoms with Gasteiger partial charge in [0.2, 0.25) is 15.9 Å². The molecule has 1 aliphatic rings. The highest BCUT2D eigenvalue weighted by Crippen LogP contribution is 2.21. The van der Waals surface area contributed by atoms with Crippen LogP contribution in [0.25, 0.3) is 10.8 Å². The lowest BCUT2D eigenvalue weighted by molar-refractivity contribution is -0.131. The normalized spacial score (nSPS) is 17.7. The molecular formula is C19H21N5O3S. The summed E-state index contributed by atoms with van der Waals surface area (Å²) >= 11 is 0. The van der Waals surface area contributed by atoms with Crippen LogP contribution in [0, 0.1) is 0 Å². The van der Waals surface area contributed by atoms with Crippen LogP contribution in [0.4, 0.5) is 0 Å². The molecule has 1 atom stereocenters. The molecule has 0 spiro atoms. The van der Waals surface area contributed by atoms with Crippen molar-refractivity contribution >= 4 is 26.7 Å². The average molecular weight is 399 g/mol. The fourth-order valence-electron chi connectivity index (χ4n) is 3.49. The zero-order valence-corrected chi connectivity index (χ0v) is 16.0. The summed E-state index contributed by atoms with van der Waals surface area (Å²) in [6.07, 6.45) is 4.86. The molecule has 1 aromatic heterocycles. The van der Waals surface area contributed by atoms with E-state index >= 15 is 0 Å². The first-order valence-corrected chi connectivity index (χ1v) is 10.6. The van der Waals surface area contributed by atoms with Gasteiger partial charge in [0.1, 0.15) is 12.7 Å². The second-order valence-corrected chi connectivity index (χ2v) is 8.61. The zero-order chi connectivity index (χ0) is 19.6. The summed E-state index contributed by atoms with van der Waals surface area (Å²) in [7, 11) is -3.77. The Balaban J connectivity index is 1.41. The maximum absolute atomic E-state index is 12.6. The largest absolute Gasteiger partial charge is 0.339 e. The van der Waals surface area contributed by atoms with Gasteiger partial charge in [0.05, 0.1) is 17.5 Å². The minimum atomic E-state index is -3.77. The molecule has 3 aromatic rings. The van der Waals surface area contributed by atoms with Gasteiger partial charge in [-0.25, -0.2) is 22.8 Å². The van der Waals surface area contributed by atoms with E-state index in [9.17, 15) is 13.2 Å². The fourth-order valence-corrected chi connectivity index (χ4v) is 4.50. The highest BCUT2D eigenvalue weighted by Gasteiger charge is 2.26. The molecule has 0 radical (unpaired) electrons. The second-order valence-electron chi connectivity index (χ2n) is 6.84. The van der Waals surface area contributed by atoms with Crippen LogP contribution in [-0.2, 0) is 14.8 Å². The number of carbonyl (C=O) groups excluding carboxylic acids is 1. The van der Waals surface area contributed by atoms with Crippen LogP contribution < -0.4 is 4.72 Å². The number of piperidine rings is 1. The molecule has 1 aliphatic heterocycles. The number of nitrogens with zero attached hydrogens (tertiary/aromatic N) is 4. The van der Waals surface area contributed by atoms with Crippen LogP contribution in [0.1, 0.15) is 18.9 Å². The number of hydrogen-bond acceptors (Lipinski definition) is 5. The summed E-state index contributed by atoms with van der Waals surface area (Å²) in [6.45, 7) is 0.848. The monoisotopic (exact) mass is 399 g/mol. The molecule has 146 valence electrons. The van der Waals surface area contributed by atoms with Crippen molar-refractivity contribution in [3.8, 4) is 0 Å². The lowest BCUT2D eigenvalue weighted by Crippen LogP contribution is -2.45. The standard InChI is InChI=1S/C19H21N5O3S/c25-19(23-9-3-6-17(12-23)24-14-20-13-21-24)11-22-28(26,27)18-8-7-15-4-1-2-5-16(15)10-18/h1-2,4-5,7-8,10,13-14,17,22H,3,6,9,11-12H2. The van der Waals surface area contributed by atoms with Gasteiger partial charge < -0.3 is 4.90 Å². The SMILES string of the molecule is O=C(CNS(=O)(=O)c1ccc2ccccc2c1)N1CCCC(n2cncn2)C1. The Morgan fingerprint density at radius 1 is 1.18 bits per heavy atom. The van der Waals surface area contributed by atoms with E-state index in [0.717, 1.165) is 23.6 Å². The molecule has 0 aliphatic carbocycles. The van der Waals surface area contributed by atoms with Gasteiger partial charge in [0.15, 0.2) is 0 Å². The molecule has 1 N–H and O–H groups in total. The number of amides is 1. The molecule has 2 aromatic carbocycles. The first kappa shape index (κ1) is 18.6. The lowest BCUT2D eigenvalue weighted by Gasteiger charge is -2.32. The van der Waals surface area contributed by atoms with Gasteiger partial charge in [-0.05, 0) is 35.7 Å². The molecule has 28 heavy (non-hydrogen) atoms. The molecule has 0 bridgehead atoms. The van der Waals surface area contributed by atoms with Gasteiger partial charge in [-0.1, -0.05) is 30.3 Å². The van der Waals surface area contributed by atoms with Crippen LogP contribution in [0.3, 0.4) is 0 Å². The number of aromatic nitrogens is 3. The van der Waals surface area contributed by atoms with E-state index in [0.29, 0.717) is 13.1 Å². The molecule has 1 unspecified atom stereocenters. The third-order valence-corrected chi connectivity index (χ3v) is 6.40. The summed E-state index contributed by atoms with van der Waals surface area (Å²) in [6, 6.07) is 12.5. The van der Waals surface area contributed by atoms with Gasteiger partial charge in [-0.2, -0.15) is 5.10 Å². The third-order valence-electron chi connectivity index (χ3n) is 5.00. The minimum absolute atomic E-state index is 0.0669. The number of sulfonamides is 1. The maximum Gasteiger partial charge on any atom is 0.241 e. The van der Waals surface area contributed by atoms with Crippen molar-refractivity contribution in [2.45, 2.75) is 23.8 Å². The Morgan fingerprint density at radius 2 is 2.00 bits per heavy atom. The molecule has 1 amide bonds. The van der Waals surface area contributed by atoms with Crippen molar-refractivity contribution in [3.05, 3.63) is 55.1 Å². The molecule has 0 saturated carbocycles. The number of likely N-dealkylation sites (tertiary alicyclic amines) is 1. The van der Waals surface area contributed by atoms with Gasteiger partial charge in [0.25, 0.3) is 0 Å². The number of fused-ring (bicyclic) bond motifs is 1. The Hall–Kier alpha value is -2.78. The zero-order valence-electron chi connectivity index (χ0n) is 15.2. The van der Waals surface area contributed by atoms with Crippen molar-refractivity contribution in [2.24, 2.45) is 0 Å². The molecule has 1 saturated heterocycles. The van der Waals surface area contributed by atoms with Crippen molar-refractivity contribution in [2.75, 3.05) is 19.6 Å². The first-order valence-electron chi connectivity index (χ1n) is 9.13. The fraction of sp³-hybridized carbons (Fsp3) is 0.316.